The summed E-state index contributed by atoms with van der Waals surface area (Å²) in [4.78, 5) is 23.2. The Labute approximate surface area is 154 Å². The highest BCUT2D eigenvalue weighted by atomic mass is 16.5. The van der Waals surface area contributed by atoms with Crippen LogP contribution in [0.15, 0.2) is 42.9 Å². The fraction of sp³-hybridized carbons (Fsp3) is 0.476. The first-order valence-electron chi connectivity index (χ1n) is 9.35. The normalized spacial score (nSPS) is 24.7. The highest BCUT2D eigenvalue weighted by Crippen LogP contribution is 2.49. The number of amides is 1. The molecule has 2 aliphatic rings. The summed E-state index contributed by atoms with van der Waals surface area (Å²) in [6.07, 6.45) is 8.84. The average molecular weight is 351 g/mol. The fourth-order valence-electron chi connectivity index (χ4n) is 4.43. The first kappa shape index (κ1) is 17.2. The molecule has 2 atom stereocenters. The van der Waals surface area contributed by atoms with Gasteiger partial charge in [0.1, 0.15) is 0 Å². The molecule has 0 bridgehead atoms. The smallest absolute Gasteiger partial charge is 0.255 e. The zero-order chi connectivity index (χ0) is 18.0. The van der Waals surface area contributed by atoms with Crippen LogP contribution in [0.4, 0.5) is 0 Å². The summed E-state index contributed by atoms with van der Waals surface area (Å²) in [7, 11) is 0. The predicted octanol–water partition coefficient (Wildman–Crippen LogP) is 3.24. The molecule has 4 rings (SSSR count). The van der Waals surface area contributed by atoms with Crippen LogP contribution in [0.1, 0.15) is 40.9 Å². The van der Waals surface area contributed by atoms with Gasteiger partial charge in [-0.15, -0.1) is 0 Å². The standard InChI is InChI=1S/C21H25N3O2/c1-16-4-5-18(11-23-16)20(25)24-12-19-3-2-8-21(19,14-24)15-26-13-17-6-9-22-10-7-17/h4-7,9-11,19H,2-3,8,12-15H2,1H3/t19-,21+/m0/s1. The quantitative estimate of drug-likeness (QED) is 0.830. The molecule has 26 heavy (non-hydrogen) atoms. The van der Waals surface area contributed by atoms with E-state index in [1.165, 1.54) is 12.8 Å². The van der Waals surface area contributed by atoms with E-state index in [9.17, 15) is 4.79 Å². The van der Waals surface area contributed by atoms with Gasteiger partial charge in [-0.3, -0.25) is 14.8 Å². The minimum absolute atomic E-state index is 0.0976. The van der Waals surface area contributed by atoms with Crippen LogP contribution in [0, 0.1) is 18.3 Å². The Kier molecular flexibility index (Phi) is 4.72. The summed E-state index contributed by atoms with van der Waals surface area (Å²) in [6.45, 7) is 4.89. The summed E-state index contributed by atoms with van der Waals surface area (Å²) >= 11 is 0. The maximum atomic E-state index is 12.9. The lowest BCUT2D eigenvalue weighted by Crippen LogP contribution is -2.34. The topological polar surface area (TPSA) is 55.3 Å². The van der Waals surface area contributed by atoms with Gasteiger partial charge in [-0.2, -0.15) is 0 Å². The number of likely N-dealkylation sites (tertiary alicyclic amines) is 1. The van der Waals surface area contributed by atoms with Crippen LogP contribution >= 0.6 is 0 Å². The maximum Gasteiger partial charge on any atom is 0.255 e. The Bertz CT molecular complexity index is 763. The number of hydrogen-bond acceptors (Lipinski definition) is 4. The minimum Gasteiger partial charge on any atom is -0.376 e. The number of carbonyl (C=O) groups is 1. The minimum atomic E-state index is 0.0976. The van der Waals surface area contributed by atoms with Gasteiger partial charge in [-0.1, -0.05) is 6.42 Å². The third kappa shape index (κ3) is 3.36. The second-order valence-corrected chi connectivity index (χ2v) is 7.67. The Balaban J connectivity index is 1.41. The molecule has 0 radical (unpaired) electrons. The summed E-state index contributed by atoms with van der Waals surface area (Å²) in [5, 5.41) is 0. The highest BCUT2D eigenvalue weighted by molar-refractivity contribution is 5.94. The monoisotopic (exact) mass is 351 g/mol. The Morgan fingerprint density at radius 1 is 1.31 bits per heavy atom. The van der Waals surface area contributed by atoms with E-state index in [4.69, 9.17) is 4.74 Å². The third-order valence-electron chi connectivity index (χ3n) is 5.89. The van der Waals surface area contributed by atoms with E-state index in [1.54, 1.807) is 18.6 Å². The molecule has 1 saturated heterocycles. The van der Waals surface area contributed by atoms with Crippen molar-refractivity contribution >= 4 is 5.91 Å². The van der Waals surface area contributed by atoms with Crippen molar-refractivity contribution in [1.29, 1.82) is 0 Å². The maximum absolute atomic E-state index is 12.9. The lowest BCUT2D eigenvalue weighted by molar-refractivity contribution is 0.0265. The fourth-order valence-corrected chi connectivity index (χ4v) is 4.43. The molecule has 5 nitrogen and oxygen atoms in total. The number of hydrogen-bond donors (Lipinski definition) is 0. The van der Waals surface area contributed by atoms with Gasteiger partial charge in [0.25, 0.3) is 5.91 Å². The van der Waals surface area contributed by atoms with Crippen molar-refractivity contribution in [3.8, 4) is 0 Å². The van der Waals surface area contributed by atoms with Crippen LogP contribution in [0.5, 0.6) is 0 Å². The van der Waals surface area contributed by atoms with Gasteiger partial charge in [0.2, 0.25) is 0 Å². The van der Waals surface area contributed by atoms with Gasteiger partial charge in [0, 0.05) is 42.8 Å². The summed E-state index contributed by atoms with van der Waals surface area (Å²) in [6, 6.07) is 7.75. The van der Waals surface area contributed by atoms with E-state index in [0.29, 0.717) is 18.1 Å². The molecule has 2 aromatic rings. The van der Waals surface area contributed by atoms with Crippen molar-refractivity contribution in [1.82, 2.24) is 14.9 Å². The Hall–Kier alpha value is -2.27. The van der Waals surface area contributed by atoms with Crippen molar-refractivity contribution in [2.24, 2.45) is 11.3 Å². The van der Waals surface area contributed by atoms with E-state index in [-0.39, 0.29) is 11.3 Å². The SMILES string of the molecule is Cc1ccc(C(=O)N2C[C@@H]3CCC[C@]3(COCc3ccncc3)C2)cn1. The number of rotatable bonds is 5. The van der Waals surface area contributed by atoms with Crippen molar-refractivity contribution in [2.75, 3.05) is 19.7 Å². The van der Waals surface area contributed by atoms with E-state index >= 15 is 0 Å². The molecule has 5 heteroatoms. The molecule has 0 unspecified atom stereocenters. The van der Waals surface area contributed by atoms with E-state index in [0.717, 1.165) is 37.4 Å². The van der Waals surface area contributed by atoms with E-state index < -0.39 is 0 Å². The van der Waals surface area contributed by atoms with Crippen LogP contribution in [0.3, 0.4) is 0 Å². The summed E-state index contributed by atoms with van der Waals surface area (Å²) in [5.74, 6) is 0.641. The van der Waals surface area contributed by atoms with Crippen LogP contribution < -0.4 is 0 Å². The van der Waals surface area contributed by atoms with Gasteiger partial charge in [-0.25, -0.2) is 0 Å². The number of ether oxygens (including phenoxy) is 1. The number of aromatic nitrogens is 2. The molecular weight excluding hydrogens is 326 g/mol. The first-order valence-corrected chi connectivity index (χ1v) is 9.35. The Morgan fingerprint density at radius 3 is 2.92 bits per heavy atom. The molecule has 1 aliphatic heterocycles. The van der Waals surface area contributed by atoms with Crippen molar-refractivity contribution in [2.45, 2.75) is 32.8 Å². The van der Waals surface area contributed by atoms with Gasteiger partial charge < -0.3 is 9.64 Å². The van der Waals surface area contributed by atoms with Crippen molar-refractivity contribution < 1.29 is 9.53 Å². The van der Waals surface area contributed by atoms with Crippen LogP contribution in [-0.2, 0) is 11.3 Å². The number of pyridine rings is 2. The molecule has 1 saturated carbocycles. The van der Waals surface area contributed by atoms with Gasteiger partial charge in [0.05, 0.1) is 18.8 Å². The molecule has 1 amide bonds. The largest absolute Gasteiger partial charge is 0.376 e. The third-order valence-corrected chi connectivity index (χ3v) is 5.89. The van der Waals surface area contributed by atoms with Crippen LogP contribution in [-0.4, -0.2) is 40.5 Å². The summed E-state index contributed by atoms with van der Waals surface area (Å²) in [5.41, 5.74) is 2.87. The Morgan fingerprint density at radius 2 is 2.15 bits per heavy atom. The molecule has 2 aromatic heterocycles. The van der Waals surface area contributed by atoms with Gasteiger partial charge in [-0.05, 0) is 55.5 Å². The average Bonchev–Trinajstić information content (AvgIpc) is 3.20. The number of aryl methyl sites for hydroxylation is 1. The van der Waals surface area contributed by atoms with Crippen molar-refractivity contribution in [3.05, 3.63) is 59.7 Å². The molecular formula is C21H25N3O2. The van der Waals surface area contributed by atoms with E-state index in [2.05, 4.69) is 9.97 Å². The number of carbonyl (C=O) groups excluding carboxylic acids is 1. The molecule has 136 valence electrons. The highest BCUT2D eigenvalue weighted by Gasteiger charge is 2.50. The second-order valence-electron chi connectivity index (χ2n) is 7.67. The molecule has 1 aliphatic carbocycles. The number of nitrogens with zero attached hydrogens (tertiary/aromatic N) is 3. The van der Waals surface area contributed by atoms with Crippen LogP contribution in [0.25, 0.3) is 0 Å². The number of fused-ring (bicyclic) bond motifs is 1. The predicted molar refractivity (Wildman–Crippen MR) is 98.5 cm³/mol. The van der Waals surface area contributed by atoms with Gasteiger partial charge >= 0.3 is 0 Å². The zero-order valence-corrected chi connectivity index (χ0v) is 15.2. The van der Waals surface area contributed by atoms with Crippen LogP contribution in [0.2, 0.25) is 0 Å². The molecule has 0 N–H and O–H groups in total. The molecule has 0 spiro atoms. The zero-order valence-electron chi connectivity index (χ0n) is 15.2. The first-order chi connectivity index (χ1) is 12.7. The van der Waals surface area contributed by atoms with Crippen molar-refractivity contribution in [3.63, 3.8) is 0 Å². The molecule has 3 heterocycles. The van der Waals surface area contributed by atoms with Gasteiger partial charge in [0.15, 0.2) is 0 Å². The molecule has 0 aromatic carbocycles. The molecule has 2 fully saturated rings. The van der Waals surface area contributed by atoms with E-state index in [1.807, 2.05) is 36.1 Å². The second kappa shape index (κ2) is 7.16. The summed E-state index contributed by atoms with van der Waals surface area (Å²) < 4.78 is 6.08. The lowest BCUT2D eigenvalue weighted by Gasteiger charge is -2.28. The lowest BCUT2D eigenvalue weighted by atomic mass is 9.81.